The minimum absolute atomic E-state index is 0.153. The summed E-state index contributed by atoms with van der Waals surface area (Å²) in [5, 5.41) is 3.54. The summed E-state index contributed by atoms with van der Waals surface area (Å²) in [6, 6.07) is 6.86. The average molecular weight is 259 g/mol. The third-order valence-corrected chi connectivity index (χ3v) is 4.28. The van der Waals surface area contributed by atoms with Crippen molar-refractivity contribution in [3.05, 3.63) is 34.9 Å². The van der Waals surface area contributed by atoms with E-state index in [9.17, 15) is 4.79 Å². The minimum Gasteiger partial charge on any atom is -0.378 e. The molecule has 0 amide bonds. The zero-order chi connectivity index (χ0) is 13.4. The molecular formula is C16H21NO2. The Hall–Kier alpha value is -1.19. The van der Waals surface area contributed by atoms with Crippen molar-refractivity contribution in [1.82, 2.24) is 5.32 Å². The van der Waals surface area contributed by atoms with Gasteiger partial charge in [0.1, 0.15) is 0 Å². The van der Waals surface area contributed by atoms with Crippen LogP contribution in [0.5, 0.6) is 0 Å². The largest absolute Gasteiger partial charge is 0.378 e. The van der Waals surface area contributed by atoms with Crippen molar-refractivity contribution in [1.29, 1.82) is 0 Å². The molecule has 1 N–H and O–H groups in total. The molecule has 3 heteroatoms. The second-order valence-electron chi connectivity index (χ2n) is 5.95. The van der Waals surface area contributed by atoms with Crippen molar-refractivity contribution in [3.8, 4) is 0 Å². The number of rotatable bonds is 2. The van der Waals surface area contributed by atoms with E-state index in [4.69, 9.17) is 4.74 Å². The second kappa shape index (κ2) is 5.06. The van der Waals surface area contributed by atoms with Gasteiger partial charge in [0.2, 0.25) is 0 Å². The Balaban J connectivity index is 1.82. The Morgan fingerprint density at radius 2 is 1.89 bits per heavy atom. The predicted molar refractivity (Wildman–Crippen MR) is 74.5 cm³/mol. The standard InChI is InChI=1S/C16H21NO2/c1-10-3-4-11(2)15(5-10)16(18)12-6-13-8-19-9-14(7-12)17-13/h3-5,12-14,17H,6-9H2,1-2H3. The van der Waals surface area contributed by atoms with E-state index < -0.39 is 0 Å². The van der Waals surface area contributed by atoms with Crippen LogP contribution in [-0.2, 0) is 4.74 Å². The van der Waals surface area contributed by atoms with Gasteiger partial charge in [-0.3, -0.25) is 4.79 Å². The molecule has 0 aliphatic carbocycles. The molecule has 0 spiro atoms. The highest BCUT2D eigenvalue weighted by molar-refractivity contribution is 5.99. The van der Waals surface area contributed by atoms with Crippen molar-refractivity contribution in [2.24, 2.45) is 5.92 Å². The average Bonchev–Trinajstić information content (AvgIpc) is 2.40. The van der Waals surface area contributed by atoms with Gasteiger partial charge in [0, 0.05) is 23.6 Å². The Morgan fingerprint density at radius 1 is 1.21 bits per heavy atom. The van der Waals surface area contributed by atoms with Crippen LogP contribution >= 0.6 is 0 Å². The molecule has 3 rings (SSSR count). The molecule has 2 bridgehead atoms. The lowest BCUT2D eigenvalue weighted by Crippen LogP contribution is -2.55. The molecule has 2 aliphatic rings. The van der Waals surface area contributed by atoms with Crippen molar-refractivity contribution in [3.63, 3.8) is 0 Å². The van der Waals surface area contributed by atoms with Crippen LogP contribution in [-0.4, -0.2) is 31.1 Å². The fraction of sp³-hybridized carbons (Fsp3) is 0.562. The molecule has 102 valence electrons. The number of ether oxygens (including phenoxy) is 1. The number of hydrogen-bond acceptors (Lipinski definition) is 3. The monoisotopic (exact) mass is 259 g/mol. The molecule has 0 saturated carbocycles. The third kappa shape index (κ3) is 2.58. The topological polar surface area (TPSA) is 38.3 Å². The lowest BCUT2D eigenvalue weighted by Gasteiger charge is -2.39. The Labute approximate surface area is 114 Å². The number of carbonyl (C=O) groups is 1. The lowest BCUT2D eigenvalue weighted by molar-refractivity contribution is 0.00951. The number of benzene rings is 1. The molecule has 3 nitrogen and oxygen atoms in total. The third-order valence-electron chi connectivity index (χ3n) is 4.28. The van der Waals surface area contributed by atoms with Crippen molar-refractivity contribution in [2.45, 2.75) is 38.8 Å². The Bertz CT molecular complexity index is 486. The van der Waals surface area contributed by atoms with Gasteiger partial charge < -0.3 is 10.1 Å². The molecule has 2 unspecified atom stereocenters. The van der Waals surface area contributed by atoms with Crippen LogP contribution in [0, 0.1) is 19.8 Å². The summed E-state index contributed by atoms with van der Waals surface area (Å²) >= 11 is 0. The zero-order valence-electron chi connectivity index (χ0n) is 11.6. The van der Waals surface area contributed by atoms with Gasteiger partial charge in [-0.1, -0.05) is 17.7 Å². The highest BCUT2D eigenvalue weighted by Crippen LogP contribution is 2.28. The molecule has 2 atom stereocenters. The number of Topliss-reactive ketones (excluding diaryl/α,β-unsaturated/α-hetero) is 1. The molecule has 0 aromatic heterocycles. The van der Waals surface area contributed by atoms with Gasteiger partial charge in [-0.15, -0.1) is 0 Å². The molecule has 2 fully saturated rings. The first kappa shape index (κ1) is 12.8. The van der Waals surface area contributed by atoms with Gasteiger partial charge in [0.15, 0.2) is 5.78 Å². The Morgan fingerprint density at radius 3 is 2.58 bits per heavy atom. The summed E-state index contributed by atoms with van der Waals surface area (Å²) in [4.78, 5) is 12.7. The van der Waals surface area contributed by atoms with Gasteiger partial charge in [-0.05, 0) is 38.3 Å². The molecular weight excluding hydrogens is 238 g/mol. The first-order chi connectivity index (χ1) is 9.13. The van der Waals surface area contributed by atoms with Gasteiger partial charge in [0.05, 0.1) is 13.2 Å². The van der Waals surface area contributed by atoms with E-state index >= 15 is 0 Å². The lowest BCUT2D eigenvalue weighted by atomic mass is 9.81. The van der Waals surface area contributed by atoms with Crippen LogP contribution in [0.4, 0.5) is 0 Å². The van der Waals surface area contributed by atoms with Gasteiger partial charge in [-0.25, -0.2) is 0 Å². The van der Waals surface area contributed by atoms with Gasteiger partial charge in [-0.2, -0.15) is 0 Å². The maximum Gasteiger partial charge on any atom is 0.166 e. The molecule has 1 aromatic carbocycles. The molecule has 2 saturated heterocycles. The van der Waals surface area contributed by atoms with Crippen molar-refractivity contribution >= 4 is 5.78 Å². The van der Waals surface area contributed by atoms with Gasteiger partial charge >= 0.3 is 0 Å². The van der Waals surface area contributed by atoms with E-state index in [1.54, 1.807) is 0 Å². The molecule has 0 radical (unpaired) electrons. The van der Waals surface area contributed by atoms with E-state index in [1.165, 1.54) is 0 Å². The number of fused-ring (bicyclic) bond motifs is 2. The number of ketones is 1. The summed E-state index contributed by atoms with van der Waals surface area (Å²) in [5.41, 5.74) is 3.16. The molecule has 19 heavy (non-hydrogen) atoms. The SMILES string of the molecule is Cc1ccc(C)c(C(=O)C2CC3COCC(C2)N3)c1. The predicted octanol–water partition coefficient (Wildman–Crippen LogP) is 2.25. The maximum atomic E-state index is 12.7. The van der Waals surface area contributed by atoms with Crippen LogP contribution < -0.4 is 5.32 Å². The first-order valence-corrected chi connectivity index (χ1v) is 7.09. The van der Waals surface area contributed by atoms with Crippen LogP contribution in [0.15, 0.2) is 18.2 Å². The quantitative estimate of drug-likeness (QED) is 0.828. The van der Waals surface area contributed by atoms with E-state index in [0.29, 0.717) is 17.9 Å². The van der Waals surface area contributed by atoms with Crippen molar-refractivity contribution in [2.75, 3.05) is 13.2 Å². The number of nitrogens with one attached hydrogen (secondary N) is 1. The molecule has 1 aromatic rings. The number of hydrogen-bond donors (Lipinski definition) is 1. The van der Waals surface area contributed by atoms with E-state index in [0.717, 1.165) is 42.7 Å². The first-order valence-electron chi connectivity index (χ1n) is 7.09. The summed E-state index contributed by atoms with van der Waals surface area (Å²) in [5.74, 6) is 0.472. The van der Waals surface area contributed by atoms with Crippen LogP contribution in [0.1, 0.15) is 34.3 Å². The normalized spacial score (nSPS) is 30.1. The fourth-order valence-electron chi connectivity index (χ4n) is 3.27. The minimum atomic E-state index is 0.153. The zero-order valence-corrected chi connectivity index (χ0v) is 11.6. The Kier molecular flexibility index (Phi) is 3.42. The summed E-state index contributed by atoms with van der Waals surface area (Å²) in [7, 11) is 0. The van der Waals surface area contributed by atoms with E-state index in [1.807, 2.05) is 26.0 Å². The van der Waals surface area contributed by atoms with E-state index in [-0.39, 0.29) is 5.92 Å². The van der Waals surface area contributed by atoms with Gasteiger partial charge in [0.25, 0.3) is 0 Å². The summed E-state index contributed by atoms with van der Waals surface area (Å²) in [6.45, 7) is 5.55. The highest BCUT2D eigenvalue weighted by atomic mass is 16.5. The number of piperidine rings is 1. The number of morpholine rings is 1. The number of carbonyl (C=O) groups excluding carboxylic acids is 1. The van der Waals surface area contributed by atoms with Crippen LogP contribution in [0.25, 0.3) is 0 Å². The second-order valence-corrected chi connectivity index (χ2v) is 5.95. The van der Waals surface area contributed by atoms with Crippen LogP contribution in [0.2, 0.25) is 0 Å². The maximum absolute atomic E-state index is 12.7. The molecule has 2 heterocycles. The van der Waals surface area contributed by atoms with Crippen molar-refractivity contribution < 1.29 is 9.53 Å². The highest BCUT2D eigenvalue weighted by Gasteiger charge is 2.35. The fourth-order valence-corrected chi connectivity index (χ4v) is 3.27. The summed E-state index contributed by atoms with van der Waals surface area (Å²) < 4.78 is 5.54. The molecule has 2 aliphatic heterocycles. The number of aryl methyl sites for hydroxylation is 2. The van der Waals surface area contributed by atoms with E-state index in [2.05, 4.69) is 11.4 Å². The smallest absolute Gasteiger partial charge is 0.166 e. The summed E-state index contributed by atoms with van der Waals surface area (Å²) in [6.07, 6.45) is 1.81. The van der Waals surface area contributed by atoms with Crippen LogP contribution in [0.3, 0.4) is 0 Å².